The maximum absolute atomic E-state index is 11.9. The van der Waals surface area contributed by atoms with Crippen LogP contribution >= 0.6 is 0 Å². The van der Waals surface area contributed by atoms with Crippen molar-refractivity contribution in [2.75, 3.05) is 0 Å². The fourth-order valence-corrected chi connectivity index (χ4v) is 1.70. The summed E-state index contributed by atoms with van der Waals surface area (Å²) in [6.07, 6.45) is 1.48. The Kier molecular flexibility index (Phi) is 4.40. The van der Waals surface area contributed by atoms with E-state index < -0.39 is 10.8 Å². The molecular formula is C15H13N3O3. The largest absolute Gasteiger partial charge is 0.282 e. The van der Waals surface area contributed by atoms with Gasteiger partial charge in [-0.1, -0.05) is 42.0 Å². The second-order valence-electron chi connectivity index (χ2n) is 4.38. The number of nitrogens with zero attached hydrogens (tertiary/aromatic N) is 2. The standard InChI is InChI=1S/C15H13N3O3/c1-11-6-8-12(9-7-11)10-16-17-15(19)13-4-2-3-5-14(13)18(20)21/h2-10H,1H3,(H,17,19)/b16-10+. The Balaban J connectivity index is 2.08. The molecule has 21 heavy (non-hydrogen) atoms. The van der Waals surface area contributed by atoms with Gasteiger partial charge in [-0.15, -0.1) is 0 Å². The van der Waals surface area contributed by atoms with Gasteiger partial charge in [0.05, 0.1) is 11.1 Å². The van der Waals surface area contributed by atoms with E-state index in [2.05, 4.69) is 10.5 Å². The number of para-hydroxylation sites is 1. The minimum Gasteiger partial charge on any atom is -0.267 e. The third kappa shape index (κ3) is 3.73. The maximum Gasteiger partial charge on any atom is 0.282 e. The van der Waals surface area contributed by atoms with Crippen molar-refractivity contribution in [2.24, 2.45) is 5.10 Å². The molecule has 0 heterocycles. The first-order chi connectivity index (χ1) is 10.1. The van der Waals surface area contributed by atoms with Crippen molar-refractivity contribution in [3.63, 3.8) is 0 Å². The van der Waals surface area contributed by atoms with E-state index in [1.165, 1.54) is 24.4 Å². The molecule has 0 bridgehead atoms. The molecule has 106 valence electrons. The molecule has 0 aliphatic heterocycles. The molecule has 2 rings (SSSR count). The third-order valence-electron chi connectivity index (χ3n) is 2.80. The van der Waals surface area contributed by atoms with Gasteiger partial charge in [-0.05, 0) is 18.6 Å². The summed E-state index contributed by atoms with van der Waals surface area (Å²) in [7, 11) is 0. The summed E-state index contributed by atoms with van der Waals surface area (Å²) in [4.78, 5) is 22.1. The normalized spacial score (nSPS) is 10.5. The number of benzene rings is 2. The summed E-state index contributed by atoms with van der Waals surface area (Å²) in [5, 5.41) is 14.6. The van der Waals surface area contributed by atoms with Gasteiger partial charge in [-0.2, -0.15) is 5.10 Å². The SMILES string of the molecule is Cc1ccc(/C=N/NC(=O)c2ccccc2[N+](=O)[O-])cc1. The summed E-state index contributed by atoms with van der Waals surface area (Å²) in [6, 6.07) is 13.3. The fourth-order valence-electron chi connectivity index (χ4n) is 1.70. The van der Waals surface area contributed by atoms with Crippen LogP contribution in [0.1, 0.15) is 21.5 Å². The molecule has 2 aromatic rings. The number of carbonyl (C=O) groups is 1. The van der Waals surface area contributed by atoms with Crippen LogP contribution in [0.2, 0.25) is 0 Å². The average molecular weight is 283 g/mol. The number of nitrogens with one attached hydrogen (secondary N) is 1. The van der Waals surface area contributed by atoms with Gasteiger partial charge in [0.15, 0.2) is 0 Å². The molecule has 6 heteroatoms. The first-order valence-electron chi connectivity index (χ1n) is 6.21. The highest BCUT2D eigenvalue weighted by Gasteiger charge is 2.18. The molecule has 6 nitrogen and oxygen atoms in total. The number of nitro groups is 1. The van der Waals surface area contributed by atoms with Crippen LogP contribution in [0.3, 0.4) is 0 Å². The summed E-state index contributed by atoms with van der Waals surface area (Å²) in [5.74, 6) is -0.620. The molecule has 0 fully saturated rings. The second kappa shape index (κ2) is 6.42. The predicted molar refractivity (Wildman–Crippen MR) is 79.3 cm³/mol. The summed E-state index contributed by atoms with van der Waals surface area (Å²) < 4.78 is 0. The van der Waals surface area contributed by atoms with Crippen LogP contribution in [0.15, 0.2) is 53.6 Å². The molecule has 2 aromatic carbocycles. The number of hydrazone groups is 1. The lowest BCUT2D eigenvalue weighted by Gasteiger charge is -2.01. The lowest BCUT2D eigenvalue weighted by atomic mass is 10.2. The number of hydrogen-bond donors (Lipinski definition) is 1. The molecule has 1 amide bonds. The highest BCUT2D eigenvalue weighted by Crippen LogP contribution is 2.17. The first kappa shape index (κ1) is 14.4. The number of aryl methyl sites for hydroxylation is 1. The Morgan fingerprint density at radius 1 is 1.19 bits per heavy atom. The van der Waals surface area contributed by atoms with Crippen LogP contribution < -0.4 is 5.43 Å². The molecule has 0 aliphatic carbocycles. The van der Waals surface area contributed by atoms with Crippen molar-refractivity contribution in [1.29, 1.82) is 0 Å². The number of rotatable bonds is 4. The molecule has 0 saturated carbocycles. The first-order valence-corrected chi connectivity index (χ1v) is 6.21. The molecule has 0 radical (unpaired) electrons. The summed E-state index contributed by atoms with van der Waals surface area (Å²) >= 11 is 0. The Morgan fingerprint density at radius 2 is 1.86 bits per heavy atom. The molecule has 0 aromatic heterocycles. The van der Waals surface area contributed by atoms with Crippen molar-refractivity contribution in [1.82, 2.24) is 5.43 Å². The highest BCUT2D eigenvalue weighted by molar-refractivity contribution is 5.98. The zero-order valence-corrected chi connectivity index (χ0v) is 11.3. The summed E-state index contributed by atoms with van der Waals surface area (Å²) in [5.41, 5.74) is 3.95. The van der Waals surface area contributed by atoms with Gasteiger partial charge in [-0.3, -0.25) is 14.9 Å². The fraction of sp³-hybridized carbons (Fsp3) is 0.0667. The van der Waals surface area contributed by atoms with E-state index in [9.17, 15) is 14.9 Å². The monoisotopic (exact) mass is 283 g/mol. The van der Waals surface area contributed by atoms with Crippen LogP contribution in [-0.4, -0.2) is 17.0 Å². The summed E-state index contributed by atoms with van der Waals surface area (Å²) in [6.45, 7) is 1.97. The highest BCUT2D eigenvalue weighted by atomic mass is 16.6. The number of carbonyl (C=O) groups excluding carboxylic acids is 1. The number of hydrogen-bond acceptors (Lipinski definition) is 4. The molecule has 0 aliphatic rings. The topological polar surface area (TPSA) is 84.6 Å². The quantitative estimate of drug-likeness (QED) is 0.532. The van der Waals surface area contributed by atoms with Gasteiger partial charge < -0.3 is 0 Å². The van der Waals surface area contributed by atoms with Crippen molar-refractivity contribution in [3.8, 4) is 0 Å². The van der Waals surface area contributed by atoms with Crippen molar-refractivity contribution in [2.45, 2.75) is 6.92 Å². The third-order valence-corrected chi connectivity index (χ3v) is 2.80. The predicted octanol–water partition coefficient (Wildman–Crippen LogP) is 2.67. The Hall–Kier alpha value is -3.02. The molecular weight excluding hydrogens is 270 g/mol. The average Bonchev–Trinajstić information content (AvgIpc) is 2.49. The van der Waals surface area contributed by atoms with Crippen molar-refractivity contribution in [3.05, 3.63) is 75.3 Å². The van der Waals surface area contributed by atoms with Gasteiger partial charge in [0.2, 0.25) is 0 Å². The van der Waals surface area contributed by atoms with E-state index in [1.54, 1.807) is 6.07 Å². The van der Waals surface area contributed by atoms with E-state index in [4.69, 9.17) is 0 Å². The molecule has 0 atom stereocenters. The van der Waals surface area contributed by atoms with E-state index >= 15 is 0 Å². The zero-order chi connectivity index (χ0) is 15.2. The van der Waals surface area contributed by atoms with Gasteiger partial charge >= 0.3 is 0 Å². The Morgan fingerprint density at radius 3 is 2.52 bits per heavy atom. The zero-order valence-electron chi connectivity index (χ0n) is 11.3. The smallest absolute Gasteiger partial charge is 0.267 e. The van der Waals surface area contributed by atoms with Gasteiger partial charge in [-0.25, -0.2) is 5.43 Å². The van der Waals surface area contributed by atoms with Gasteiger partial charge in [0, 0.05) is 6.07 Å². The van der Waals surface area contributed by atoms with Crippen molar-refractivity contribution >= 4 is 17.8 Å². The number of amides is 1. The lowest BCUT2D eigenvalue weighted by molar-refractivity contribution is -0.385. The van der Waals surface area contributed by atoms with Gasteiger partial charge in [0.25, 0.3) is 11.6 Å². The molecule has 0 saturated heterocycles. The second-order valence-corrected chi connectivity index (χ2v) is 4.38. The Bertz CT molecular complexity index is 694. The van der Waals surface area contributed by atoms with E-state index in [0.29, 0.717) is 0 Å². The molecule has 0 spiro atoms. The number of nitro benzene ring substituents is 1. The minimum atomic E-state index is -0.620. The van der Waals surface area contributed by atoms with Crippen LogP contribution in [0.5, 0.6) is 0 Å². The Labute approximate surface area is 121 Å². The van der Waals surface area contributed by atoms with Crippen LogP contribution in [-0.2, 0) is 0 Å². The van der Waals surface area contributed by atoms with Crippen molar-refractivity contribution < 1.29 is 9.72 Å². The molecule has 1 N–H and O–H groups in total. The van der Waals surface area contributed by atoms with E-state index in [-0.39, 0.29) is 11.3 Å². The molecule has 0 unspecified atom stereocenters. The van der Waals surface area contributed by atoms with Crippen LogP contribution in [0.25, 0.3) is 0 Å². The minimum absolute atomic E-state index is 0.0245. The van der Waals surface area contributed by atoms with Crippen LogP contribution in [0, 0.1) is 17.0 Å². The van der Waals surface area contributed by atoms with E-state index in [1.807, 2.05) is 31.2 Å². The lowest BCUT2D eigenvalue weighted by Crippen LogP contribution is -2.18. The maximum atomic E-state index is 11.9. The van der Waals surface area contributed by atoms with Crippen LogP contribution in [0.4, 0.5) is 5.69 Å². The van der Waals surface area contributed by atoms with E-state index in [0.717, 1.165) is 11.1 Å². The van der Waals surface area contributed by atoms with Gasteiger partial charge in [0.1, 0.15) is 5.56 Å².